The molecule has 1 fully saturated rings. The molecule has 0 unspecified atom stereocenters. The third-order valence-corrected chi connectivity index (χ3v) is 4.99. The van der Waals surface area contributed by atoms with Crippen LogP contribution in [0.2, 0.25) is 0 Å². The van der Waals surface area contributed by atoms with Gasteiger partial charge in [-0.1, -0.05) is 0 Å². The van der Waals surface area contributed by atoms with Crippen LogP contribution in [0.5, 0.6) is 0 Å². The van der Waals surface area contributed by atoms with Gasteiger partial charge in [0, 0.05) is 25.1 Å². The number of aromatic nitrogens is 1. The maximum atomic E-state index is 12.4. The molecule has 2 rings (SSSR count). The van der Waals surface area contributed by atoms with E-state index in [2.05, 4.69) is 25.8 Å². The highest BCUT2D eigenvalue weighted by Gasteiger charge is 2.38. The predicted molar refractivity (Wildman–Crippen MR) is 91.4 cm³/mol. The zero-order chi connectivity index (χ0) is 16.3. The molecule has 7 heteroatoms. The van der Waals surface area contributed by atoms with Gasteiger partial charge in [0.05, 0.1) is 12.0 Å². The van der Waals surface area contributed by atoms with Gasteiger partial charge in [-0.05, 0) is 50.0 Å². The lowest BCUT2D eigenvalue weighted by atomic mass is 9.93. The van der Waals surface area contributed by atoms with Crippen molar-refractivity contribution < 1.29 is 14.3 Å². The van der Waals surface area contributed by atoms with Crippen LogP contribution in [0.15, 0.2) is 9.98 Å². The predicted octanol–water partition coefficient (Wildman–Crippen LogP) is 3.48. The first kappa shape index (κ1) is 17.7. The number of thiazole rings is 1. The number of anilines is 1. The maximum absolute atomic E-state index is 12.4. The summed E-state index contributed by atoms with van der Waals surface area (Å²) < 4.78 is 12.2. The van der Waals surface area contributed by atoms with Crippen molar-refractivity contribution in [1.29, 1.82) is 0 Å². The Kier molecular flexibility index (Phi) is 5.85. The highest BCUT2D eigenvalue weighted by molar-refractivity contribution is 9.10. The number of piperidine rings is 1. The molecule has 0 aromatic carbocycles. The summed E-state index contributed by atoms with van der Waals surface area (Å²) in [4.78, 5) is 19.0. The zero-order valence-corrected chi connectivity index (χ0v) is 15.9. The Morgan fingerprint density at radius 3 is 2.82 bits per heavy atom. The van der Waals surface area contributed by atoms with Gasteiger partial charge < -0.3 is 14.4 Å². The largest absolute Gasteiger partial charge is 0.460 e. The molecule has 0 aliphatic carbocycles. The van der Waals surface area contributed by atoms with Crippen molar-refractivity contribution in [2.45, 2.75) is 45.8 Å². The van der Waals surface area contributed by atoms with Crippen LogP contribution >= 0.6 is 27.3 Å². The molecular weight excluding hydrogens is 368 g/mol. The van der Waals surface area contributed by atoms with Gasteiger partial charge in [-0.3, -0.25) is 4.79 Å². The number of halogens is 1. The first-order valence-corrected chi connectivity index (χ1v) is 9.18. The molecule has 22 heavy (non-hydrogen) atoms. The van der Waals surface area contributed by atoms with Crippen molar-refractivity contribution in [2.75, 3.05) is 24.6 Å². The van der Waals surface area contributed by atoms with E-state index in [1.165, 1.54) is 0 Å². The SMILES string of the molecule is CCO[C@H]1CN(c2nc(Br)cs2)CC[C@H]1C(=O)OC(C)(C)C. The Morgan fingerprint density at radius 2 is 2.27 bits per heavy atom. The van der Waals surface area contributed by atoms with Gasteiger partial charge in [-0.2, -0.15) is 0 Å². The van der Waals surface area contributed by atoms with Crippen LogP contribution in [-0.4, -0.2) is 42.4 Å². The number of ether oxygens (including phenoxy) is 2. The molecular formula is C15H23BrN2O3S. The number of nitrogens with zero attached hydrogens (tertiary/aromatic N) is 2. The summed E-state index contributed by atoms with van der Waals surface area (Å²) in [5, 5.41) is 2.92. The third kappa shape index (κ3) is 4.67. The van der Waals surface area contributed by atoms with E-state index < -0.39 is 5.60 Å². The number of carbonyl (C=O) groups excluding carboxylic acids is 1. The van der Waals surface area contributed by atoms with E-state index in [0.717, 1.165) is 22.7 Å². The van der Waals surface area contributed by atoms with E-state index in [4.69, 9.17) is 9.47 Å². The summed E-state index contributed by atoms with van der Waals surface area (Å²) in [5.74, 6) is -0.371. The molecule has 1 aromatic heterocycles. The topological polar surface area (TPSA) is 51.7 Å². The van der Waals surface area contributed by atoms with E-state index in [1.54, 1.807) is 11.3 Å². The van der Waals surface area contributed by atoms with Gasteiger partial charge in [0.1, 0.15) is 10.2 Å². The number of hydrogen-bond donors (Lipinski definition) is 0. The Morgan fingerprint density at radius 1 is 1.55 bits per heavy atom. The first-order valence-electron chi connectivity index (χ1n) is 7.50. The van der Waals surface area contributed by atoms with Crippen LogP contribution in [0.25, 0.3) is 0 Å². The standard InChI is InChI=1S/C15H23BrN2O3S/c1-5-20-11-8-18(14-17-12(16)9-22-14)7-6-10(11)13(19)21-15(2,3)4/h9-11H,5-8H2,1-4H3/t10-,11+/m1/s1. The van der Waals surface area contributed by atoms with Crippen LogP contribution in [-0.2, 0) is 14.3 Å². The number of carbonyl (C=O) groups is 1. The normalized spacial score (nSPS) is 22.7. The minimum absolute atomic E-state index is 0.156. The molecule has 2 atom stereocenters. The monoisotopic (exact) mass is 390 g/mol. The Bertz CT molecular complexity index is 515. The van der Waals surface area contributed by atoms with Gasteiger partial charge >= 0.3 is 5.97 Å². The molecule has 5 nitrogen and oxygen atoms in total. The molecule has 0 bridgehead atoms. The summed E-state index contributed by atoms with van der Waals surface area (Å²) in [6.07, 6.45) is 0.563. The summed E-state index contributed by atoms with van der Waals surface area (Å²) >= 11 is 4.97. The van der Waals surface area contributed by atoms with Crippen molar-refractivity contribution in [3.8, 4) is 0 Å². The fourth-order valence-electron chi connectivity index (χ4n) is 2.51. The lowest BCUT2D eigenvalue weighted by Gasteiger charge is -2.37. The Balaban J connectivity index is 2.06. The minimum Gasteiger partial charge on any atom is -0.460 e. The molecule has 0 radical (unpaired) electrons. The van der Waals surface area contributed by atoms with Crippen LogP contribution in [0.1, 0.15) is 34.1 Å². The quantitative estimate of drug-likeness (QED) is 0.736. The first-order chi connectivity index (χ1) is 10.3. The summed E-state index contributed by atoms with van der Waals surface area (Å²) in [7, 11) is 0. The average molecular weight is 391 g/mol. The van der Waals surface area contributed by atoms with Crippen LogP contribution < -0.4 is 4.90 Å². The minimum atomic E-state index is -0.467. The van der Waals surface area contributed by atoms with E-state index in [1.807, 2.05) is 33.1 Å². The highest BCUT2D eigenvalue weighted by Crippen LogP contribution is 2.30. The lowest BCUT2D eigenvalue weighted by molar-refractivity contribution is -0.166. The Labute approximate surface area is 144 Å². The molecule has 124 valence electrons. The number of rotatable bonds is 4. The molecule has 0 N–H and O–H groups in total. The molecule has 1 aliphatic heterocycles. The molecule has 2 heterocycles. The van der Waals surface area contributed by atoms with Crippen molar-refractivity contribution in [2.24, 2.45) is 5.92 Å². The average Bonchev–Trinajstić information content (AvgIpc) is 2.83. The van der Waals surface area contributed by atoms with Crippen molar-refractivity contribution in [3.05, 3.63) is 9.98 Å². The van der Waals surface area contributed by atoms with Crippen molar-refractivity contribution >= 4 is 38.4 Å². The molecule has 0 spiro atoms. The molecule has 1 saturated heterocycles. The fraction of sp³-hybridized carbons (Fsp3) is 0.733. The van der Waals surface area contributed by atoms with Gasteiger partial charge in [0.2, 0.25) is 0 Å². The van der Waals surface area contributed by atoms with Crippen LogP contribution in [0.4, 0.5) is 5.13 Å². The molecule has 0 saturated carbocycles. The smallest absolute Gasteiger partial charge is 0.312 e. The van der Waals surface area contributed by atoms with Gasteiger partial charge in [0.15, 0.2) is 5.13 Å². The van der Waals surface area contributed by atoms with E-state index in [9.17, 15) is 4.79 Å². The van der Waals surface area contributed by atoms with Crippen molar-refractivity contribution in [3.63, 3.8) is 0 Å². The van der Waals surface area contributed by atoms with Crippen LogP contribution in [0.3, 0.4) is 0 Å². The van der Waals surface area contributed by atoms with Gasteiger partial charge in [-0.25, -0.2) is 4.98 Å². The second-order valence-electron chi connectivity index (χ2n) is 6.32. The summed E-state index contributed by atoms with van der Waals surface area (Å²) in [6, 6.07) is 0. The van der Waals surface area contributed by atoms with E-state index in [0.29, 0.717) is 13.2 Å². The van der Waals surface area contributed by atoms with E-state index >= 15 is 0 Å². The summed E-state index contributed by atoms with van der Waals surface area (Å²) in [5.41, 5.74) is -0.467. The fourth-order valence-corrected chi connectivity index (χ4v) is 3.80. The zero-order valence-electron chi connectivity index (χ0n) is 13.5. The lowest BCUT2D eigenvalue weighted by Crippen LogP contribution is -2.49. The number of hydrogen-bond acceptors (Lipinski definition) is 6. The molecule has 0 amide bonds. The Hall–Kier alpha value is -0.660. The number of esters is 1. The van der Waals surface area contributed by atoms with Gasteiger partial charge in [0.25, 0.3) is 0 Å². The van der Waals surface area contributed by atoms with Crippen LogP contribution in [0, 0.1) is 5.92 Å². The third-order valence-electron chi connectivity index (χ3n) is 3.38. The summed E-state index contributed by atoms with van der Waals surface area (Å²) in [6.45, 7) is 9.66. The van der Waals surface area contributed by atoms with Gasteiger partial charge in [-0.15, -0.1) is 11.3 Å². The second kappa shape index (κ2) is 7.27. The second-order valence-corrected chi connectivity index (χ2v) is 7.97. The molecule has 1 aliphatic rings. The highest BCUT2D eigenvalue weighted by atomic mass is 79.9. The molecule has 1 aromatic rings. The maximum Gasteiger partial charge on any atom is 0.312 e. The van der Waals surface area contributed by atoms with E-state index in [-0.39, 0.29) is 18.0 Å². The van der Waals surface area contributed by atoms with Crippen molar-refractivity contribution in [1.82, 2.24) is 4.98 Å².